The summed E-state index contributed by atoms with van der Waals surface area (Å²) in [4.78, 5) is 29.5. The van der Waals surface area contributed by atoms with Gasteiger partial charge in [0.15, 0.2) is 5.96 Å². The molecule has 7 nitrogen and oxygen atoms in total. The van der Waals surface area contributed by atoms with Crippen molar-refractivity contribution in [3.05, 3.63) is 65.2 Å². The molecule has 2 aromatic carbocycles. The highest BCUT2D eigenvalue weighted by molar-refractivity contribution is 5.95. The molecule has 1 saturated heterocycles. The zero-order valence-corrected chi connectivity index (χ0v) is 16.9. The summed E-state index contributed by atoms with van der Waals surface area (Å²) in [5.74, 6) is 0.796. The number of nitrogens with zero attached hydrogens (tertiary/aromatic N) is 2. The largest absolute Gasteiger partial charge is 0.355 e. The molecule has 2 aromatic rings. The van der Waals surface area contributed by atoms with Crippen molar-refractivity contribution in [1.29, 1.82) is 0 Å². The molecule has 0 atom stereocenters. The average molecular weight is 393 g/mol. The molecule has 1 heterocycles. The SMILES string of the molecule is CN=C(NCc1ccc(C(=O)NC)cc1)NCc1ccc(N2CCCC2=O)cc1. The molecule has 0 radical (unpaired) electrons. The highest BCUT2D eigenvalue weighted by atomic mass is 16.2. The zero-order valence-electron chi connectivity index (χ0n) is 16.9. The van der Waals surface area contributed by atoms with Crippen molar-refractivity contribution >= 4 is 23.5 Å². The maximum Gasteiger partial charge on any atom is 0.251 e. The number of benzene rings is 2. The number of rotatable bonds is 6. The predicted molar refractivity (Wildman–Crippen MR) is 115 cm³/mol. The first-order valence-corrected chi connectivity index (χ1v) is 9.75. The number of carbonyl (C=O) groups excluding carboxylic acids is 2. The summed E-state index contributed by atoms with van der Waals surface area (Å²) >= 11 is 0. The van der Waals surface area contributed by atoms with Crippen LogP contribution in [-0.2, 0) is 17.9 Å². The van der Waals surface area contributed by atoms with Crippen molar-refractivity contribution < 1.29 is 9.59 Å². The van der Waals surface area contributed by atoms with Crippen LogP contribution in [0.4, 0.5) is 5.69 Å². The van der Waals surface area contributed by atoms with Crippen molar-refractivity contribution in [3.8, 4) is 0 Å². The van der Waals surface area contributed by atoms with Gasteiger partial charge in [-0.3, -0.25) is 14.6 Å². The molecule has 0 aliphatic carbocycles. The van der Waals surface area contributed by atoms with Crippen molar-refractivity contribution in [2.24, 2.45) is 4.99 Å². The summed E-state index contributed by atoms with van der Waals surface area (Å²) in [6, 6.07) is 15.5. The van der Waals surface area contributed by atoms with E-state index in [-0.39, 0.29) is 11.8 Å². The van der Waals surface area contributed by atoms with Crippen molar-refractivity contribution in [2.45, 2.75) is 25.9 Å². The third kappa shape index (κ3) is 5.34. The Kier molecular flexibility index (Phi) is 6.84. The minimum Gasteiger partial charge on any atom is -0.355 e. The first-order chi connectivity index (χ1) is 14.1. The lowest BCUT2D eigenvalue weighted by Gasteiger charge is -2.16. The number of amides is 2. The van der Waals surface area contributed by atoms with Gasteiger partial charge in [-0.2, -0.15) is 0 Å². The van der Waals surface area contributed by atoms with Gasteiger partial charge in [0.2, 0.25) is 5.91 Å². The smallest absolute Gasteiger partial charge is 0.251 e. The third-order valence-electron chi connectivity index (χ3n) is 4.91. The highest BCUT2D eigenvalue weighted by Crippen LogP contribution is 2.21. The Morgan fingerprint density at radius 2 is 1.59 bits per heavy atom. The lowest BCUT2D eigenvalue weighted by Crippen LogP contribution is -2.36. The number of guanidine groups is 1. The summed E-state index contributed by atoms with van der Waals surface area (Å²) in [6.07, 6.45) is 1.57. The molecule has 0 saturated carbocycles. The van der Waals surface area contributed by atoms with E-state index >= 15 is 0 Å². The van der Waals surface area contributed by atoms with Crippen molar-refractivity contribution in [1.82, 2.24) is 16.0 Å². The van der Waals surface area contributed by atoms with Crippen LogP contribution in [0.3, 0.4) is 0 Å². The van der Waals surface area contributed by atoms with E-state index in [0.29, 0.717) is 31.0 Å². The fourth-order valence-electron chi connectivity index (χ4n) is 3.23. The molecule has 0 aromatic heterocycles. The van der Waals surface area contributed by atoms with E-state index in [9.17, 15) is 9.59 Å². The maximum absolute atomic E-state index is 11.8. The van der Waals surface area contributed by atoms with E-state index in [1.807, 2.05) is 41.3 Å². The Hall–Kier alpha value is -3.35. The van der Waals surface area contributed by atoms with Crippen LogP contribution in [0.25, 0.3) is 0 Å². The molecule has 3 rings (SSSR count). The number of anilines is 1. The van der Waals surface area contributed by atoms with E-state index in [1.54, 1.807) is 26.2 Å². The van der Waals surface area contributed by atoms with Crippen molar-refractivity contribution in [3.63, 3.8) is 0 Å². The van der Waals surface area contributed by atoms with Gasteiger partial charge >= 0.3 is 0 Å². The molecule has 3 N–H and O–H groups in total. The van der Waals surface area contributed by atoms with Crippen LogP contribution < -0.4 is 20.9 Å². The third-order valence-corrected chi connectivity index (χ3v) is 4.91. The van der Waals surface area contributed by atoms with E-state index in [0.717, 1.165) is 29.8 Å². The molecule has 2 amide bonds. The second kappa shape index (κ2) is 9.73. The summed E-state index contributed by atoms with van der Waals surface area (Å²) in [5.41, 5.74) is 3.76. The minimum absolute atomic E-state index is 0.0953. The van der Waals surface area contributed by atoms with Gasteiger partial charge in [-0.15, -0.1) is 0 Å². The fourth-order valence-corrected chi connectivity index (χ4v) is 3.23. The normalized spacial score (nSPS) is 14.1. The van der Waals surface area contributed by atoms with Gasteiger partial charge in [0.1, 0.15) is 0 Å². The molecule has 29 heavy (non-hydrogen) atoms. The molecule has 0 unspecified atom stereocenters. The molecule has 1 fully saturated rings. The monoisotopic (exact) mass is 393 g/mol. The average Bonchev–Trinajstić information content (AvgIpc) is 3.20. The van der Waals surface area contributed by atoms with E-state index in [1.165, 1.54) is 0 Å². The first-order valence-electron chi connectivity index (χ1n) is 9.75. The van der Waals surface area contributed by atoms with Gasteiger partial charge in [0.25, 0.3) is 5.91 Å². The Morgan fingerprint density at radius 3 is 2.07 bits per heavy atom. The van der Waals surface area contributed by atoms with Gasteiger partial charge in [-0.25, -0.2) is 0 Å². The minimum atomic E-state index is -0.0953. The van der Waals surface area contributed by atoms with Crippen molar-refractivity contribution in [2.75, 3.05) is 25.5 Å². The molecule has 1 aliphatic heterocycles. The summed E-state index contributed by atoms with van der Waals surface area (Å²) in [7, 11) is 3.35. The molecule has 152 valence electrons. The van der Waals surface area contributed by atoms with E-state index in [2.05, 4.69) is 20.9 Å². The summed E-state index contributed by atoms with van der Waals surface area (Å²) < 4.78 is 0. The predicted octanol–water partition coefficient (Wildman–Crippen LogP) is 2.04. The van der Waals surface area contributed by atoms with Crippen LogP contribution in [0.5, 0.6) is 0 Å². The molecule has 0 bridgehead atoms. The van der Waals surface area contributed by atoms with Gasteiger partial charge in [0.05, 0.1) is 0 Å². The molecular weight excluding hydrogens is 366 g/mol. The second-order valence-corrected chi connectivity index (χ2v) is 6.87. The van der Waals surface area contributed by atoms with Crippen LogP contribution in [0.1, 0.15) is 34.3 Å². The van der Waals surface area contributed by atoms with Gasteiger partial charge in [0, 0.05) is 51.4 Å². The summed E-state index contributed by atoms with van der Waals surface area (Å²) in [6.45, 7) is 2.03. The van der Waals surface area contributed by atoms with Crippen LogP contribution >= 0.6 is 0 Å². The van der Waals surface area contributed by atoms with Gasteiger partial charge in [-0.1, -0.05) is 24.3 Å². The topological polar surface area (TPSA) is 85.8 Å². The van der Waals surface area contributed by atoms with E-state index < -0.39 is 0 Å². The second-order valence-electron chi connectivity index (χ2n) is 6.87. The quantitative estimate of drug-likeness (QED) is 0.518. The summed E-state index contributed by atoms with van der Waals surface area (Å²) in [5, 5.41) is 9.16. The maximum atomic E-state index is 11.8. The highest BCUT2D eigenvalue weighted by Gasteiger charge is 2.21. The lowest BCUT2D eigenvalue weighted by atomic mass is 10.1. The lowest BCUT2D eigenvalue weighted by molar-refractivity contribution is -0.117. The molecule has 1 aliphatic rings. The van der Waals surface area contributed by atoms with E-state index in [4.69, 9.17) is 0 Å². The Labute approximate surface area is 171 Å². The van der Waals surface area contributed by atoms with Crippen LogP contribution in [0, 0.1) is 0 Å². The van der Waals surface area contributed by atoms with Crippen LogP contribution in [-0.4, -0.2) is 38.4 Å². The van der Waals surface area contributed by atoms with Crippen LogP contribution in [0.15, 0.2) is 53.5 Å². The fraction of sp³-hybridized carbons (Fsp3) is 0.318. The van der Waals surface area contributed by atoms with Gasteiger partial charge in [-0.05, 0) is 41.8 Å². The Morgan fingerprint density at radius 1 is 1.00 bits per heavy atom. The number of hydrogen-bond donors (Lipinski definition) is 3. The van der Waals surface area contributed by atoms with Gasteiger partial charge < -0.3 is 20.9 Å². The number of carbonyl (C=O) groups is 2. The van der Waals surface area contributed by atoms with Crippen LogP contribution in [0.2, 0.25) is 0 Å². The Bertz CT molecular complexity index is 875. The number of aliphatic imine (C=N–C) groups is 1. The number of nitrogens with one attached hydrogen (secondary N) is 3. The molecule has 7 heteroatoms. The number of hydrogen-bond acceptors (Lipinski definition) is 3. The first kappa shape index (κ1) is 20.4. The Balaban J connectivity index is 1.49. The zero-order chi connectivity index (χ0) is 20.6. The standard InChI is InChI=1S/C22H27N5O2/c1-23-21(29)18-9-5-16(6-10-18)14-25-22(24-2)26-15-17-7-11-19(12-8-17)27-13-3-4-20(27)28/h5-12H,3-4,13-15H2,1-2H3,(H,23,29)(H2,24,25,26). The molecular formula is C22H27N5O2. The molecule has 0 spiro atoms.